The molecule has 2 fully saturated rings. The number of hydrogen-bond donors (Lipinski definition) is 6. The summed E-state index contributed by atoms with van der Waals surface area (Å²) in [6.45, 7) is 2.80. The summed E-state index contributed by atoms with van der Waals surface area (Å²) in [6, 6.07) is 7.18. The number of nitrogens with zero attached hydrogens (tertiary/aromatic N) is 1. The maximum absolute atomic E-state index is 13.9. The van der Waals surface area contributed by atoms with Crippen LogP contribution in [0.4, 0.5) is 4.79 Å². The van der Waals surface area contributed by atoms with Gasteiger partial charge >= 0.3 is 19.7 Å². The van der Waals surface area contributed by atoms with Crippen LogP contribution in [0.2, 0.25) is 0 Å². The average molecular weight is 738 g/mol. The Hall–Kier alpha value is -3.52. The SMILES string of the molecule is CCCCC(NC(=O)[C@H](CCCCNC(=O)OCc1ccccc1)NC(=O)C1CCC1)P(=O)(O)O[C@@H](CCCCN)C(=O)N1CCC[C@H]1C(=O)O. The molecule has 1 aromatic rings. The molecule has 3 rings (SSSR count). The first-order valence-corrected chi connectivity index (χ1v) is 19.9. The average Bonchev–Trinajstić information content (AvgIpc) is 3.58. The highest BCUT2D eigenvalue weighted by Crippen LogP contribution is 2.50. The number of carboxylic acid groups (broad SMARTS) is 1. The number of nitrogens with two attached hydrogens (primary N) is 1. The summed E-state index contributed by atoms with van der Waals surface area (Å²) in [5, 5.41) is 17.8. The van der Waals surface area contributed by atoms with E-state index in [1.807, 2.05) is 37.3 Å². The van der Waals surface area contributed by atoms with Gasteiger partial charge in [0.1, 0.15) is 30.6 Å². The summed E-state index contributed by atoms with van der Waals surface area (Å²) in [7, 11) is -4.73. The Morgan fingerprint density at radius 2 is 1.69 bits per heavy atom. The van der Waals surface area contributed by atoms with Crippen LogP contribution in [-0.4, -0.2) is 88.3 Å². The molecule has 0 spiro atoms. The highest BCUT2D eigenvalue weighted by molar-refractivity contribution is 7.53. The molecule has 1 saturated heterocycles. The number of carbonyl (C=O) groups excluding carboxylic acids is 4. The topological polar surface area (TPSA) is 227 Å². The molecule has 4 amide bonds. The van der Waals surface area contributed by atoms with Crippen LogP contribution >= 0.6 is 7.60 Å². The van der Waals surface area contributed by atoms with Crippen LogP contribution in [0.3, 0.4) is 0 Å². The van der Waals surface area contributed by atoms with Crippen molar-refractivity contribution in [2.75, 3.05) is 19.6 Å². The Kier molecular flexibility index (Phi) is 17.9. The van der Waals surface area contributed by atoms with Crippen LogP contribution in [0.15, 0.2) is 30.3 Å². The first-order valence-electron chi connectivity index (χ1n) is 18.3. The van der Waals surface area contributed by atoms with E-state index in [0.29, 0.717) is 64.3 Å². The van der Waals surface area contributed by atoms with Crippen molar-refractivity contribution in [2.24, 2.45) is 11.7 Å². The number of benzene rings is 1. The van der Waals surface area contributed by atoms with Gasteiger partial charge in [0.25, 0.3) is 5.91 Å². The van der Waals surface area contributed by atoms with E-state index in [1.165, 1.54) is 4.90 Å². The zero-order valence-corrected chi connectivity index (χ0v) is 30.5. The monoisotopic (exact) mass is 737 g/mol. The van der Waals surface area contributed by atoms with Crippen molar-refractivity contribution >= 4 is 37.4 Å². The molecular formula is C35H56N5O10P. The highest BCUT2D eigenvalue weighted by atomic mass is 31.2. The van der Waals surface area contributed by atoms with Gasteiger partial charge in [-0.3, -0.25) is 23.5 Å². The maximum atomic E-state index is 13.9. The van der Waals surface area contributed by atoms with Gasteiger partial charge in [0, 0.05) is 19.0 Å². The third-order valence-electron chi connectivity index (χ3n) is 9.34. The predicted octanol–water partition coefficient (Wildman–Crippen LogP) is 3.78. The largest absolute Gasteiger partial charge is 0.480 e. The number of unbranched alkanes of at least 4 members (excludes halogenated alkanes) is 3. The number of nitrogens with one attached hydrogen (secondary N) is 3. The fraction of sp³-hybridized carbons (Fsp3) is 0.686. The molecule has 0 aromatic heterocycles. The molecule has 0 radical (unpaired) electrons. The Bertz CT molecular complexity index is 1330. The number of alkyl carbamates (subject to hydrolysis) is 1. The Morgan fingerprint density at radius 1 is 0.961 bits per heavy atom. The van der Waals surface area contributed by atoms with Crippen molar-refractivity contribution in [1.29, 1.82) is 0 Å². The lowest BCUT2D eigenvalue weighted by atomic mass is 9.84. The van der Waals surface area contributed by atoms with Gasteiger partial charge in [-0.1, -0.05) is 56.5 Å². The van der Waals surface area contributed by atoms with Gasteiger partial charge in [-0.15, -0.1) is 0 Å². The Labute approximate surface area is 300 Å². The highest BCUT2D eigenvalue weighted by Gasteiger charge is 2.43. The summed E-state index contributed by atoms with van der Waals surface area (Å²) in [5.74, 6) is -4.35. The lowest BCUT2D eigenvalue weighted by molar-refractivity contribution is -0.151. The van der Waals surface area contributed by atoms with Crippen LogP contribution in [-0.2, 0) is 39.6 Å². The lowest BCUT2D eigenvalue weighted by Crippen LogP contribution is -2.52. The third kappa shape index (κ3) is 13.9. The normalized spacial score (nSPS) is 18.8. The fourth-order valence-corrected chi connectivity index (χ4v) is 7.58. The maximum Gasteiger partial charge on any atom is 0.407 e. The lowest BCUT2D eigenvalue weighted by Gasteiger charge is -2.32. The second-order valence-electron chi connectivity index (χ2n) is 13.3. The van der Waals surface area contributed by atoms with Crippen molar-refractivity contribution in [3.8, 4) is 0 Å². The van der Waals surface area contributed by atoms with E-state index in [-0.39, 0.29) is 57.2 Å². The quantitative estimate of drug-likeness (QED) is 0.0700. The molecule has 15 nitrogen and oxygen atoms in total. The molecule has 286 valence electrons. The second kappa shape index (κ2) is 21.8. The third-order valence-corrected chi connectivity index (χ3v) is 11.1. The van der Waals surface area contributed by atoms with Crippen LogP contribution in [0.1, 0.15) is 102 Å². The molecule has 7 N–H and O–H groups in total. The van der Waals surface area contributed by atoms with E-state index in [2.05, 4.69) is 16.0 Å². The number of ether oxygens (including phenoxy) is 1. The minimum absolute atomic E-state index is 0.0474. The van der Waals surface area contributed by atoms with E-state index >= 15 is 0 Å². The van der Waals surface area contributed by atoms with Gasteiger partial charge < -0.3 is 41.3 Å². The number of likely N-dealkylation sites (tertiary alicyclic amines) is 1. The minimum Gasteiger partial charge on any atom is -0.480 e. The van der Waals surface area contributed by atoms with Crippen molar-refractivity contribution in [1.82, 2.24) is 20.9 Å². The fourth-order valence-electron chi connectivity index (χ4n) is 6.07. The van der Waals surface area contributed by atoms with Gasteiger partial charge in [0.05, 0.1) is 0 Å². The smallest absolute Gasteiger partial charge is 0.407 e. The van der Waals surface area contributed by atoms with Crippen LogP contribution in [0.5, 0.6) is 0 Å². The Morgan fingerprint density at radius 3 is 2.33 bits per heavy atom. The van der Waals surface area contributed by atoms with E-state index < -0.39 is 55.4 Å². The summed E-state index contributed by atoms with van der Waals surface area (Å²) in [6.07, 6.45) is 4.37. The van der Waals surface area contributed by atoms with E-state index in [0.717, 1.165) is 12.0 Å². The summed E-state index contributed by atoms with van der Waals surface area (Å²) in [4.78, 5) is 76.6. The zero-order chi connectivity index (χ0) is 37.2. The summed E-state index contributed by atoms with van der Waals surface area (Å²) < 4.78 is 24.8. The van der Waals surface area contributed by atoms with E-state index in [9.17, 15) is 38.5 Å². The number of rotatable bonds is 23. The molecule has 1 aromatic carbocycles. The molecule has 51 heavy (non-hydrogen) atoms. The van der Waals surface area contributed by atoms with E-state index in [4.69, 9.17) is 15.0 Å². The van der Waals surface area contributed by atoms with Gasteiger partial charge in [0.15, 0.2) is 0 Å². The van der Waals surface area contributed by atoms with Crippen LogP contribution in [0, 0.1) is 5.92 Å². The molecule has 16 heteroatoms. The number of carbonyl (C=O) groups is 5. The van der Waals surface area contributed by atoms with Gasteiger partial charge in [0.2, 0.25) is 11.8 Å². The molecule has 2 aliphatic rings. The molecule has 5 atom stereocenters. The van der Waals surface area contributed by atoms with Gasteiger partial charge in [-0.05, 0) is 82.7 Å². The second-order valence-corrected chi connectivity index (χ2v) is 15.3. The molecule has 1 aliphatic carbocycles. The first kappa shape index (κ1) is 41.9. The summed E-state index contributed by atoms with van der Waals surface area (Å²) in [5.41, 5.74) is 6.48. The number of hydrogen-bond acceptors (Lipinski definition) is 9. The minimum atomic E-state index is -4.73. The number of aliphatic carboxylic acids is 1. The van der Waals surface area contributed by atoms with Gasteiger partial charge in [-0.2, -0.15) is 0 Å². The van der Waals surface area contributed by atoms with E-state index in [1.54, 1.807) is 0 Å². The van der Waals surface area contributed by atoms with Crippen LogP contribution < -0.4 is 21.7 Å². The molecule has 0 bridgehead atoms. The molecule has 1 saturated carbocycles. The van der Waals surface area contributed by atoms with Crippen molar-refractivity contribution < 1.29 is 47.8 Å². The van der Waals surface area contributed by atoms with Crippen molar-refractivity contribution in [3.05, 3.63) is 35.9 Å². The predicted molar refractivity (Wildman–Crippen MR) is 189 cm³/mol. The molecule has 2 unspecified atom stereocenters. The Balaban J connectivity index is 1.66. The number of carboxylic acids is 1. The molecule has 1 aliphatic heterocycles. The summed E-state index contributed by atoms with van der Waals surface area (Å²) >= 11 is 0. The van der Waals surface area contributed by atoms with Gasteiger partial charge in [-0.25, -0.2) is 9.59 Å². The standard InChI is InChI=1S/C35H56N5O10P/c1-2-3-20-30(51(47,48)50-29(19-7-9-21-36)33(43)40-23-12-18-28(40)34(44)45)39-32(42)27(38-31(41)26-15-11-16-26)17-8-10-22-37-35(46)49-24-25-13-5-4-6-14-25/h4-6,13-14,26-30H,2-3,7-12,15-24,36H2,1H3,(H,37,46)(H,38,41)(H,39,42)(H,44,45)(H,47,48)/t27-,28-,29-,30?/m0/s1. The first-order chi connectivity index (χ1) is 24.5. The van der Waals surface area contributed by atoms with Crippen molar-refractivity contribution in [2.45, 2.75) is 127 Å². The van der Waals surface area contributed by atoms with Crippen molar-refractivity contribution in [3.63, 3.8) is 0 Å². The number of amides is 4. The molecular weight excluding hydrogens is 681 g/mol. The van der Waals surface area contributed by atoms with Crippen LogP contribution in [0.25, 0.3) is 0 Å². The molecule has 1 heterocycles. The zero-order valence-electron chi connectivity index (χ0n) is 29.6.